The van der Waals surface area contributed by atoms with Crippen molar-refractivity contribution in [2.24, 2.45) is 0 Å². The first-order chi connectivity index (χ1) is 12.3. The molecule has 0 aliphatic rings. The molecule has 0 saturated heterocycles. The molecular formula is C20H26FN2O3+. The number of aryl methyl sites for hydroxylation is 2. The van der Waals surface area contributed by atoms with Crippen molar-refractivity contribution in [3.8, 4) is 11.5 Å². The molecule has 140 valence electrons. The summed E-state index contributed by atoms with van der Waals surface area (Å²) in [6, 6.07) is 8.59. The second kappa shape index (κ2) is 8.67. The second-order valence-corrected chi connectivity index (χ2v) is 6.48. The first kappa shape index (κ1) is 19.7. The van der Waals surface area contributed by atoms with Gasteiger partial charge in [0.15, 0.2) is 18.0 Å². The normalized spacial score (nSPS) is 11.8. The molecule has 0 radical (unpaired) electrons. The maximum Gasteiger partial charge on any atom is 0.279 e. The van der Waals surface area contributed by atoms with Gasteiger partial charge in [-0.2, -0.15) is 0 Å². The molecule has 0 aromatic heterocycles. The van der Waals surface area contributed by atoms with Gasteiger partial charge in [0.2, 0.25) is 0 Å². The third kappa shape index (κ3) is 4.95. The van der Waals surface area contributed by atoms with Crippen LogP contribution >= 0.6 is 0 Å². The standard InChI is InChI=1S/C20H25FN2O3/c1-13-6-7-17(16(21)8-13)22-20(24)12-23(3)11-15-10-19(26-5)18(25-4)9-14(15)2/h6-10H,11-12H2,1-5H3,(H,22,24)/p+1. The smallest absolute Gasteiger partial charge is 0.279 e. The number of amides is 1. The fourth-order valence-corrected chi connectivity index (χ4v) is 2.79. The van der Waals surface area contributed by atoms with Crippen LogP contribution in [0.15, 0.2) is 30.3 Å². The molecule has 2 aromatic carbocycles. The number of ether oxygens (including phenoxy) is 2. The highest BCUT2D eigenvalue weighted by Gasteiger charge is 2.16. The highest BCUT2D eigenvalue weighted by molar-refractivity contribution is 5.91. The molecule has 6 heteroatoms. The van der Waals surface area contributed by atoms with Crippen molar-refractivity contribution in [1.82, 2.24) is 0 Å². The highest BCUT2D eigenvalue weighted by Crippen LogP contribution is 2.29. The van der Waals surface area contributed by atoms with Crippen molar-refractivity contribution >= 4 is 11.6 Å². The summed E-state index contributed by atoms with van der Waals surface area (Å²) in [7, 11) is 5.11. The summed E-state index contributed by atoms with van der Waals surface area (Å²) < 4.78 is 24.5. The summed E-state index contributed by atoms with van der Waals surface area (Å²) in [5.41, 5.74) is 3.14. The Labute approximate surface area is 153 Å². The van der Waals surface area contributed by atoms with E-state index in [0.717, 1.165) is 21.6 Å². The summed E-state index contributed by atoms with van der Waals surface area (Å²) in [4.78, 5) is 13.2. The average molecular weight is 361 g/mol. The summed E-state index contributed by atoms with van der Waals surface area (Å²) in [6.45, 7) is 4.65. The van der Waals surface area contributed by atoms with E-state index in [0.29, 0.717) is 18.0 Å². The molecule has 1 unspecified atom stereocenters. The lowest BCUT2D eigenvalue weighted by molar-refractivity contribution is -0.885. The van der Waals surface area contributed by atoms with Gasteiger partial charge in [0, 0.05) is 5.56 Å². The number of benzene rings is 2. The summed E-state index contributed by atoms with van der Waals surface area (Å²) >= 11 is 0. The third-order valence-corrected chi connectivity index (χ3v) is 4.20. The van der Waals surface area contributed by atoms with Crippen LogP contribution in [0.3, 0.4) is 0 Å². The monoisotopic (exact) mass is 361 g/mol. The van der Waals surface area contributed by atoms with Gasteiger partial charge in [-0.1, -0.05) is 6.07 Å². The van der Waals surface area contributed by atoms with E-state index < -0.39 is 5.82 Å². The molecule has 2 aromatic rings. The molecule has 26 heavy (non-hydrogen) atoms. The van der Waals surface area contributed by atoms with Gasteiger partial charge in [0.05, 0.1) is 27.0 Å². The molecule has 0 fully saturated rings. The Hall–Kier alpha value is -2.60. The van der Waals surface area contributed by atoms with Crippen molar-refractivity contribution in [1.29, 1.82) is 0 Å². The van der Waals surface area contributed by atoms with E-state index in [1.807, 2.05) is 26.1 Å². The van der Waals surface area contributed by atoms with Crippen LogP contribution in [0.25, 0.3) is 0 Å². The molecule has 5 nitrogen and oxygen atoms in total. The molecule has 0 bridgehead atoms. The topological polar surface area (TPSA) is 52.0 Å². The van der Waals surface area contributed by atoms with Gasteiger partial charge in [-0.25, -0.2) is 4.39 Å². The maximum atomic E-state index is 13.9. The van der Waals surface area contributed by atoms with E-state index in [4.69, 9.17) is 9.47 Å². The van der Waals surface area contributed by atoms with Gasteiger partial charge >= 0.3 is 0 Å². The van der Waals surface area contributed by atoms with Crippen molar-refractivity contribution in [3.05, 3.63) is 52.8 Å². The fourth-order valence-electron chi connectivity index (χ4n) is 2.79. The van der Waals surface area contributed by atoms with Gasteiger partial charge in [0.25, 0.3) is 5.91 Å². The number of halogens is 1. The quantitative estimate of drug-likeness (QED) is 0.794. The number of quaternary nitrogens is 1. The zero-order valence-electron chi connectivity index (χ0n) is 15.9. The minimum absolute atomic E-state index is 0.204. The minimum Gasteiger partial charge on any atom is -0.493 e. The third-order valence-electron chi connectivity index (χ3n) is 4.20. The van der Waals surface area contributed by atoms with E-state index in [2.05, 4.69) is 5.32 Å². The Morgan fingerprint density at radius 2 is 1.77 bits per heavy atom. The number of rotatable bonds is 7. The summed E-state index contributed by atoms with van der Waals surface area (Å²) in [5.74, 6) is 0.682. The lowest BCUT2D eigenvalue weighted by atomic mass is 10.1. The number of hydrogen-bond donors (Lipinski definition) is 2. The van der Waals surface area contributed by atoms with E-state index in [9.17, 15) is 9.18 Å². The predicted octanol–water partition coefficient (Wildman–Crippen LogP) is 2.11. The predicted molar refractivity (Wildman–Crippen MR) is 99.5 cm³/mol. The van der Waals surface area contributed by atoms with Gasteiger partial charge in [-0.15, -0.1) is 0 Å². The molecule has 0 spiro atoms. The SMILES string of the molecule is COc1cc(C)c(C[NH+](C)CC(=O)Nc2ccc(C)cc2F)cc1OC. The zero-order chi connectivity index (χ0) is 19.3. The Bertz CT molecular complexity index is 793. The lowest BCUT2D eigenvalue weighted by Crippen LogP contribution is -3.08. The molecule has 0 aliphatic heterocycles. The van der Waals surface area contributed by atoms with Gasteiger partial charge in [0.1, 0.15) is 12.4 Å². The van der Waals surface area contributed by atoms with Crippen LogP contribution in [0.5, 0.6) is 11.5 Å². The molecule has 1 amide bonds. The number of carbonyl (C=O) groups excluding carboxylic acids is 1. The van der Waals surface area contributed by atoms with E-state index >= 15 is 0 Å². The lowest BCUT2D eigenvalue weighted by Gasteiger charge is -2.17. The van der Waals surface area contributed by atoms with Crippen LogP contribution in [0.4, 0.5) is 10.1 Å². The Morgan fingerprint density at radius 1 is 1.12 bits per heavy atom. The van der Waals surface area contributed by atoms with Crippen molar-refractivity contribution < 1.29 is 23.6 Å². The van der Waals surface area contributed by atoms with Crippen molar-refractivity contribution in [2.45, 2.75) is 20.4 Å². The Morgan fingerprint density at radius 3 is 2.38 bits per heavy atom. The van der Waals surface area contributed by atoms with E-state index in [1.165, 1.54) is 6.07 Å². The maximum absolute atomic E-state index is 13.9. The van der Waals surface area contributed by atoms with Gasteiger partial charge in [-0.3, -0.25) is 4.79 Å². The minimum atomic E-state index is -0.424. The molecule has 2 rings (SSSR count). The summed E-state index contributed by atoms with van der Waals surface area (Å²) in [6.07, 6.45) is 0. The first-order valence-corrected chi connectivity index (χ1v) is 8.42. The second-order valence-electron chi connectivity index (χ2n) is 6.48. The average Bonchev–Trinajstić information content (AvgIpc) is 2.58. The van der Waals surface area contributed by atoms with E-state index in [-0.39, 0.29) is 18.1 Å². The first-order valence-electron chi connectivity index (χ1n) is 8.42. The number of anilines is 1. The number of methoxy groups -OCH3 is 2. The number of carbonyl (C=O) groups is 1. The van der Waals surface area contributed by atoms with Gasteiger partial charge < -0.3 is 19.7 Å². The van der Waals surface area contributed by atoms with Crippen molar-refractivity contribution in [2.75, 3.05) is 33.1 Å². The highest BCUT2D eigenvalue weighted by atomic mass is 19.1. The summed E-state index contributed by atoms with van der Waals surface area (Å²) in [5, 5.41) is 2.63. The van der Waals surface area contributed by atoms with Crippen molar-refractivity contribution in [3.63, 3.8) is 0 Å². The Kier molecular flexibility index (Phi) is 6.58. The van der Waals surface area contributed by atoms with Crippen LogP contribution in [-0.4, -0.2) is 33.7 Å². The van der Waals surface area contributed by atoms with Crippen LogP contribution in [0.2, 0.25) is 0 Å². The van der Waals surface area contributed by atoms with Crippen LogP contribution in [-0.2, 0) is 11.3 Å². The van der Waals surface area contributed by atoms with Crippen LogP contribution < -0.4 is 19.7 Å². The molecular weight excluding hydrogens is 335 g/mol. The fraction of sp³-hybridized carbons (Fsp3) is 0.350. The number of nitrogens with one attached hydrogen (secondary N) is 2. The number of hydrogen-bond acceptors (Lipinski definition) is 3. The molecule has 0 aliphatic carbocycles. The van der Waals surface area contributed by atoms with Crippen LogP contribution in [0.1, 0.15) is 16.7 Å². The molecule has 0 heterocycles. The number of likely N-dealkylation sites (N-methyl/N-ethyl adjacent to an activating group) is 1. The van der Waals surface area contributed by atoms with Crippen LogP contribution in [0, 0.1) is 19.7 Å². The molecule has 2 N–H and O–H groups in total. The Balaban J connectivity index is 2.01. The van der Waals surface area contributed by atoms with E-state index in [1.54, 1.807) is 33.3 Å². The molecule has 1 atom stereocenters. The zero-order valence-corrected chi connectivity index (χ0v) is 15.9. The van der Waals surface area contributed by atoms with Gasteiger partial charge in [-0.05, 0) is 49.2 Å². The molecule has 0 saturated carbocycles. The largest absolute Gasteiger partial charge is 0.493 e.